The number of nitrogens with zero attached hydrogens (tertiary/aromatic N) is 1. The number of thiazole rings is 1. The van der Waals surface area contributed by atoms with Crippen LogP contribution in [0.25, 0.3) is 0 Å². The Kier molecular flexibility index (Phi) is 5.57. The predicted octanol–water partition coefficient (Wildman–Crippen LogP) is 2.85. The van der Waals surface area contributed by atoms with Crippen LogP contribution in [0, 0.1) is 6.92 Å². The molecule has 2 rings (SSSR count). The van der Waals surface area contributed by atoms with Gasteiger partial charge in [-0.25, -0.2) is 9.78 Å². The van der Waals surface area contributed by atoms with E-state index in [1.807, 2.05) is 38.1 Å². The maximum absolute atomic E-state index is 11.8. The lowest BCUT2D eigenvalue weighted by Crippen LogP contribution is -2.34. The minimum Gasteiger partial charge on any atom is -0.494 e. The highest BCUT2D eigenvalue weighted by Gasteiger charge is 2.06. The fourth-order valence-electron chi connectivity index (χ4n) is 1.84. The van der Waals surface area contributed by atoms with E-state index in [2.05, 4.69) is 15.6 Å². The van der Waals surface area contributed by atoms with Gasteiger partial charge in [-0.05, 0) is 19.9 Å². The van der Waals surface area contributed by atoms with Gasteiger partial charge in [0.15, 0.2) is 0 Å². The average molecular weight is 305 g/mol. The highest BCUT2D eigenvalue weighted by atomic mass is 32.1. The van der Waals surface area contributed by atoms with Crippen LogP contribution >= 0.6 is 11.3 Å². The van der Waals surface area contributed by atoms with Crippen molar-refractivity contribution in [2.45, 2.75) is 26.9 Å². The number of carbonyl (C=O) groups excluding carboxylic acids is 1. The van der Waals surface area contributed by atoms with Crippen LogP contribution in [0.3, 0.4) is 0 Å². The predicted molar refractivity (Wildman–Crippen MR) is 83.5 cm³/mol. The molecule has 21 heavy (non-hydrogen) atoms. The van der Waals surface area contributed by atoms with Crippen LogP contribution < -0.4 is 15.4 Å². The summed E-state index contributed by atoms with van der Waals surface area (Å²) in [5.41, 5.74) is 3.70. The second-order valence-corrected chi connectivity index (χ2v) is 5.38. The topological polar surface area (TPSA) is 63.2 Å². The van der Waals surface area contributed by atoms with Crippen molar-refractivity contribution in [3.8, 4) is 5.75 Å². The first-order chi connectivity index (χ1) is 10.2. The van der Waals surface area contributed by atoms with Gasteiger partial charge in [-0.3, -0.25) is 0 Å². The molecule has 0 bridgehead atoms. The number of ether oxygens (including phenoxy) is 1. The largest absolute Gasteiger partial charge is 0.494 e. The second kappa shape index (κ2) is 7.64. The molecule has 2 amide bonds. The molecule has 5 nitrogen and oxygen atoms in total. The first-order valence-corrected chi connectivity index (χ1v) is 7.70. The van der Waals surface area contributed by atoms with E-state index in [4.69, 9.17) is 4.74 Å². The summed E-state index contributed by atoms with van der Waals surface area (Å²) >= 11 is 1.54. The van der Waals surface area contributed by atoms with Crippen LogP contribution in [-0.4, -0.2) is 17.6 Å². The summed E-state index contributed by atoms with van der Waals surface area (Å²) in [4.78, 5) is 17.0. The number of benzene rings is 1. The summed E-state index contributed by atoms with van der Waals surface area (Å²) in [5, 5.41) is 5.66. The van der Waals surface area contributed by atoms with Crippen LogP contribution in [0.15, 0.2) is 29.8 Å². The quantitative estimate of drug-likeness (QED) is 0.862. The molecule has 0 atom stereocenters. The lowest BCUT2D eigenvalue weighted by atomic mass is 10.2. The van der Waals surface area contributed by atoms with Gasteiger partial charge in [0.05, 0.1) is 24.4 Å². The Morgan fingerprint density at radius 2 is 2.05 bits per heavy atom. The Bertz CT molecular complexity index is 598. The number of amides is 2. The molecule has 0 radical (unpaired) electrons. The smallest absolute Gasteiger partial charge is 0.315 e. The number of nitrogens with one attached hydrogen (secondary N) is 2. The van der Waals surface area contributed by atoms with E-state index in [1.54, 1.807) is 16.8 Å². The molecule has 0 spiro atoms. The Hall–Kier alpha value is -2.08. The summed E-state index contributed by atoms with van der Waals surface area (Å²) in [6, 6.07) is 7.49. The fraction of sp³-hybridized carbons (Fsp3) is 0.333. The Morgan fingerprint density at radius 1 is 1.29 bits per heavy atom. The lowest BCUT2D eigenvalue weighted by Gasteiger charge is -2.11. The van der Waals surface area contributed by atoms with Gasteiger partial charge in [0.25, 0.3) is 0 Å². The zero-order valence-electron chi connectivity index (χ0n) is 12.2. The van der Waals surface area contributed by atoms with E-state index in [0.717, 1.165) is 21.9 Å². The summed E-state index contributed by atoms with van der Waals surface area (Å²) in [6.07, 6.45) is 0. The molecular formula is C15H19N3O2S. The third-order valence-corrected chi connectivity index (χ3v) is 3.90. The van der Waals surface area contributed by atoms with Crippen molar-refractivity contribution in [1.82, 2.24) is 15.6 Å². The minimum absolute atomic E-state index is 0.200. The summed E-state index contributed by atoms with van der Waals surface area (Å²) in [5.74, 6) is 0.804. The van der Waals surface area contributed by atoms with Gasteiger partial charge in [-0.2, -0.15) is 0 Å². The van der Waals surface area contributed by atoms with Gasteiger partial charge >= 0.3 is 6.03 Å². The van der Waals surface area contributed by atoms with Crippen LogP contribution in [0.5, 0.6) is 5.75 Å². The highest BCUT2D eigenvalue weighted by molar-refractivity contribution is 7.09. The van der Waals surface area contributed by atoms with Crippen molar-refractivity contribution in [2.75, 3.05) is 6.61 Å². The molecule has 112 valence electrons. The van der Waals surface area contributed by atoms with Gasteiger partial charge in [0.2, 0.25) is 0 Å². The monoisotopic (exact) mass is 305 g/mol. The minimum atomic E-state index is -0.200. The molecule has 0 aliphatic heterocycles. The molecule has 0 saturated carbocycles. The fourth-order valence-corrected chi connectivity index (χ4v) is 2.56. The van der Waals surface area contributed by atoms with Crippen molar-refractivity contribution in [3.63, 3.8) is 0 Å². The Morgan fingerprint density at radius 3 is 2.76 bits per heavy atom. The molecule has 0 unspecified atom stereocenters. The van der Waals surface area contributed by atoms with Gasteiger partial charge in [-0.15, -0.1) is 11.3 Å². The number of urea groups is 1. The van der Waals surface area contributed by atoms with Crippen molar-refractivity contribution in [1.29, 1.82) is 0 Å². The number of rotatable bonds is 6. The zero-order chi connectivity index (χ0) is 15.1. The molecule has 1 heterocycles. The van der Waals surface area contributed by atoms with Gasteiger partial charge < -0.3 is 15.4 Å². The average Bonchev–Trinajstić information content (AvgIpc) is 2.90. The molecule has 0 aliphatic carbocycles. The van der Waals surface area contributed by atoms with Crippen LogP contribution in [0.4, 0.5) is 4.79 Å². The maximum Gasteiger partial charge on any atom is 0.315 e. The number of hydrogen-bond acceptors (Lipinski definition) is 4. The Balaban J connectivity index is 1.82. The maximum atomic E-state index is 11.8. The first kappa shape index (κ1) is 15.3. The van der Waals surface area contributed by atoms with Crippen molar-refractivity contribution in [2.24, 2.45) is 0 Å². The SMILES string of the molecule is CCOc1ccccc1CNC(=O)NCc1scnc1C. The summed E-state index contributed by atoms with van der Waals surface area (Å²) in [6.45, 7) is 5.41. The van der Waals surface area contributed by atoms with Crippen molar-refractivity contribution < 1.29 is 9.53 Å². The lowest BCUT2D eigenvalue weighted by molar-refractivity contribution is 0.240. The van der Waals surface area contributed by atoms with Crippen LogP contribution in [0.2, 0.25) is 0 Å². The number of aromatic nitrogens is 1. The highest BCUT2D eigenvalue weighted by Crippen LogP contribution is 2.17. The third-order valence-electron chi connectivity index (χ3n) is 2.97. The molecule has 1 aromatic heterocycles. The summed E-state index contributed by atoms with van der Waals surface area (Å²) < 4.78 is 5.53. The second-order valence-electron chi connectivity index (χ2n) is 4.44. The number of aryl methyl sites for hydroxylation is 1. The normalized spacial score (nSPS) is 10.2. The molecule has 6 heteroatoms. The van der Waals surface area contributed by atoms with E-state index in [1.165, 1.54) is 0 Å². The molecule has 1 aromatic carbocycles. The molecule has 0 fully saturated rings. The van der Waals surface area contributed by atoms with Gasteiger partial charge in [-0.1, -0.05) is 18.2 Å². The molecule has 0 aliphatic rings. The standard InChI is InChI=1S/C15H19N3O2S/c1-3-20-13-7-5-4-6-12(13)8-16-15(19)17-9-14-11(2)18-10-21-14/h4-7,10H,3,8-9H2,1-2H3,(H2,16,17,19). The number of para-hydroxylation sites is 1. The van der Waals surface area contributed by atoms with Crippen LogP contribution in [0.1, 0.15) is 23.1 Å². The van der Waals surface area contributed by atoms with E-state index < -0.39 is 0 Å². The summed E-state index contributed by atoms with van der Waals surface area (Å²) in [7, 11) is 0. The Labute approximate surface area is 128 Å². The van der Waals surface area contributed by atoms with Crippen molar-refractivity contribution >= 4 is 17.4 Å². The van der Waals surface area contributed by atoms with Crippen molar-refractivity contribution in [3.05, 3.63) is 45.9 Å². The van der Waals surface area contributed by atoms with E-state index in [0.29, 0.717) is 19.7 Å². The third kappa shape index (κ3) is 4.46. The molecule has 2 aromatic rings. The van der Waals surface area contributed by atoms with Gasteiger partial charge in [0, 0.05) is 17.0 Å². The number of hydrogen-bond donors (Lipinski definition) is 2. The zero-order valence-corrected chi connectivity index (χ0v) is 13.0. The van der Waals surface area contributed by atoms with Crippen LogP contribution in [-0.2, 0) is 13.1 Å². The molecule has 2 N–H and O–H groups in total. The first-order valence-electron chi connectivity index (χ1n) is 6.82. The van der Waals surface area contributed by atoms with Gasteiger partial charge in [0.1, 0.15) is 5.75 Å². The van der Waals surface area contributed by atoms with E-state index in [9.17, 15) is 4.79 Å². The van der Waals surface area contributed by atoms with E-state index >= 15 is 0 Å². The van der Waals surface area contributed by atoms with E-state index in [-0.39, 0.29) is 6.03 Å². The molecular weight excluding hydrogens is 286 g/mol. The molecule has 0 saturated heterocycles. The number of carbonyl (C=O) groups is 1.